The standard InChI is InChI=1S/C15H21FO3Si/c1-11-8-19-15(2,10-20-17)14(13(11)16)18-9-12-6-4-3-5-7-12/h3-7,11,13-14,20H,8-10H2,1-2H3/t11-,13-,14?,15+/m0/s1. The van der Waals surface area contributed by atoms with Crippen molar-refractivity contribution in [3.05, 3.63) is 35.9 Å². The predicted octanol–water partition coefficient (Wildman–Crippen LogP) is 2.54. The van der Waals surface area contributed by atoms with Crippen LogP contribution in [0.2, 0.25) is 6.04 Å². The molecule has 1 aromatic rings. The summed E-state index contributed by atoms with van der Waals surface area (Å²) in [6, 6.07) is 10.0. The Morgan fingerprint density at radius 1 is 1.45 bits per heavy atom. The Morgan fingerprint density at radius 2 is 2.15 bits per heavy atom. The van der Waals surface area contributed by atoms with Crippen LogP contribution in [0.25, 0.3) is 0 Å². The van der Waals surface area contributed by atoms with E-state index in [2.05, 4.69) is 0 Å². The van der Waals surface area contributed by atoms with Crippen molar-refractivity contribution in [1.29, 1.82) is 0 Å². The van der Waals surface area contributed by atoms with Gasteiger partial charge in [0.15, 0.2) is 0 Å². The average molecular weight is 296 g/mol. The van der Waals surface area contributed by atoms with Gasteiger partial charge in [-0.2, -0.15) is 0 Å². The molecule has 1 aliphatic rings. The first-order chi connectivity index (χ1) is 9.57. The summed E-state index contributed by atoms with van der Waals surface area (Å²) in [6.07, 6.45) is -1.77. The van der Waals surface area contributed by atoms with Gasteiger partial charge in [0.05, 0.1) is 18.8 Å². The van der Waals surface area contributed by atoms with Crippen molar-refractivity contribution in [2.75, 3.05) is 6.61 Å². The fraction of sp³-hybridized carbons (Fsp3) is 0.600. The van der Waals surface area contributed by atoms with E-state index in [0.29, 0.717) is 19.3 Å². The lowest BCUT2D eigenvalue weighted by Crippen LogP contribution is -2.56. The smallest absolute Gasteiger partial charge is 0.264 e. The minimum Gasteiger partial charge on any atom is -0.392 e. The Bertz CT molecular complexity index is 442. The Hall–Kier alpha value is -0.913. The minimum absolute atomic E-state index is 0.203. The highest BCUT2D eigenvalue weighted by Crippen LogP contribution is 2.35. The first-order valence-corrected chi connectivity index (χ1v) is 8.23. The highest BCUT2D eigenvalue weighted by Gasteiger charge is 2.47. The molecular weight excluding hydrogens is 275 g/mol. The number of hydrogen-bond donors (Lipinski definition) is 0. The van der Waals surface area contributed by atoms with Crippen molar-refractivity contribution in [2.24, 2.45) is 5.92 Å². The zero-order valence-electron chi connectivity index (χ0n) is 11.9. The Morgan fingerprint density at radius 3 is 2.80 bits per heavy atom. The molecule has 20 heavy (non-hydrogen) atoms. The minimum atomic E-state index is -1.09. The Balaban J connectivity index is 2.09. The molecule has 0 saturated carbocycles. The van der Waals surface area contributed by atoms with Crippen LogP contribution in [0.3, 0.4) is 0 Å². The van der Waals surface area contributed by atoms with Gasteiger partial charge in [0.2, 0.25) is 0 Å². The van der Waals surface area contributed by atoms with Crippen LogP contribution in [0.4, 0.5) is 4.39 Å². The number of benzene rings is 1. The average Bonchev–Trinajstić information content (AvgIpc) is 2.45. The van der Waals surface area contributed by atoms with Crippen molar-refractivity contribution >= 4 is 9.41 Å². The van der Waals surface area contributed by atoms with Crippen LogP contribution in [0, 0.1) is 5.92 Å². The third kappa shape index (κ3) is 3.40. The summed E-state index contributed by atoms with van der Waals surface area (Å²) in [5.74, 6) is -0.203. The van der Waals surface area contributed by atoms with E-state index in [0.717, 1.165) is 5.56 Å². The van der Waals surface area contributed by atoms with Crippen LogP contribution in [-0.4, -0.2) is 33.9 Å². The fourth-order valence-electron chi connectivity index (χ4n) is 2.50. The van der Waals surface area contributed by atoms with Crippen LogP contribution < -0.4 is 0 Å². The zero-order valence-corrected chi connectivity index (χ0v) is 13.1. The highest BCUT2D eigenvalue weighted by atomic mass is 28.2. The van der Waals surface area contributed by atoms with Gasteiger partial charge in [-0.25, -0.2) is 4.39 Å². The molecule has 2 rings (SSSR count). The van der Waals surface area contributed by atoms with E-state index >= 15 is 0 Å². The van der Waals surface area contributed by atoms with E-state index in [1.807, 2.05) is 37.3 Å². The summed E-state index contributed by atoms with van der Waals surface area (Å²) in [7, 11) is -0.992. The van der Waals surface area contributed by atoms with Gasteiger partial charge >= 0.3 is 0 Å². The summed E-state index contributed by atoms with van der Waals surface area (Å²) >= 11 is 0. The normalized spacial score (nSPS) is 33.9. The second kappa shape index (κ2) is 6.69. The molecule has 110 valence electrons. The molecule has 1 saturated heterocycles. The van der Waals surface area contributed by atoms with Gasteiger partial charge in [0.1, 0.15) is 12.3 Å². The largest absolute Gasteiger partial charge is 0.392 e. The Kier molecular flexibility index (Phi) is 5.18. The van der Waals surface area contributed by atoms with Crippen LogP contribution >= 0.6 is 0 Å². The van der Waals surface area contributed by atoms with E-state index in [1.165, 1.54) is 0 Å². The molecule has 0 amide bonds. The molecule has 0 N–H and O–H groups in total. The van der Waals surface area contributed by atoms with Crippen molar-refractivity contribution in [1.82, 2.24) is 0 Å². The van der Waals surface area contributed by atoms with E-state index in [-0.39, 0.29) is 5.92 Å². The monoisotopic (exact) mass is 296 g/mol. The van der Waals surface area contributed by atoms with Gasteiger partial charge in [0, 0.05) is 12.0 Å². The molecule has 1 aliphatic heterocycles. The van der Waals surface area contributed by atoms with E-state index in [4.69, 9.17) is 9.47 Å². The summed E-state index contributed by atoms with van der Waals surface area (Å²) < 4.78 is 37.0. The molecule has 1 unspecified atom stereocenters. The number of ether oxygens (including phenoxy) is 2. The number of hydrogen-bond acceptors (Lipinski definition) is 3. The van der Waals surface area contributed by atoms with Gasteiger partial charge in [-0.05, 0) is 12.5 Å². The summed E-state index contributed by atoms with van der Waals surface area (Å²) in [5, 5.41) is 0. The van der Waals surface area contributed by atoms with E-state index < -0.39 is 27.3 Å². The van der Waals surface area contributed by atoms with Gasteiger partial charge in [-0.1, -0.05) is 37.3 Å². The van der Waals surface area contributed by atoms with Crippen molar-refractivity contribution < 1.29 is 18.3 Å². The molecule has 1 aromatic carbocycles. The maximum atomic E-state index is 14.5. The van der Waals surface area contributed by atoms with Crippen LogP contribution in [0.15, 0.2) is 30.3 Å². The van der Waals surface area contributed by atoms with Gasteiger partial charge in [-0.3, -0.25) is 0 Å². The van der Waals surface area contributed by atoms with Crippen molar-refractivity contribution in [3.8, 4) is 0 Å². The summed E-state index contributed by atoms with van der Waals surface area (Å²) in [4.78, 5) is 0. The molecule has 4 atom stereocenters. The molecule has 0 bridgehead atoms. The molecule has 5 heteroatoms. The second-order valence-electron chi connectivity index (χ2n) is 5.63. The van der Waals surface area contributed by atoms with Crippen LogP contribution in [0.5, 0.6) is 0 Å². The summed E-state index contributed by atoms with van der Waals surface area (Å²) in [5.41, 5.74) is 0.201. The number of alkyl halides is 1. The first kappa shape index (κ1) is 15.5. The molecule has 1 heterocycles. The number of halogens is 1. The molecule has 0 aliphatic carbocycles. The van der Waals surface area contributed by atoms with E-state index in [1.54, 1.807) is 6.92 Å². The van der Waals surface area contributed by atoms with Gasteiger partial charge in [0.25, 0.3) is 9.41 Å². The first-order valence-electron chi connectivity index (χ1n) is 6.94. The topological polar surface area (TPSA) is 35.5 Å². The lowest BCUT2D eigenvalue weighted by atomic mass is 9.87. The molecule has 3 nitrogen and oxygen atoms in total. The molecule has 0 aromatic heterocycles. The highest BCUT2D eigenvalue weighted by molar-refractivity contribution is 6.17. The lowest BCUT2D eigenvalue weighted by molar-refractivity contribution is -0.206. The van der Waals surface area contributed by atoms with Crippen LogP contribution in [-0.2, 0) is 20.5 Å². The van der Waals surface area contributed by atoms with Gasteiger partial charge < -0.3 is 13.9 Å². The third-order valence-electron chi connectivity index (χ3n) is 3.87. The van der Waals surface area contributed by atoms with Crippen LogP contribution in [0.1, 0.15) is 19.4 Å². The van der Waals surface area contributed by atoms with Gasteiger partial charge in [-0.15, -0.1) is 0 Å². The molecule has 0 radical (unpaired) electrons. The predicted molar refractivity (Wildman–Crippen MR) is 76.1 cm³/mol. The number of rotatable bonds is 5. The Labute approximate surface area is 121 Å². The maximum absolute atomic E-state index is 14.5. The van der Waals surface area contributed by atoms with E-state index in [9.17, 15) is 8.85 Å². The molecule has 0 spiro atoms. The van der Waals surface area contributed by atoms with Crippen molar-refractivity contribution in [3.63, 3.8) is 0 Å². The van der Waals surface area contributed by atoms with Crippen molar-refractivity contribution in [2.45, 2.75) is 44.4 Å². The SMILES string of the molecule is C[C@H]1CO[C@](C)(C[SiH]=O)C(OCc2ccccc2)[C@H]1F. The second-order valence-corrected chi connectivity index (χ2v) is 6.37. The quantitative estimate of drug-likeness (QED) is 0.783. The molecular formula is C15H21FO3Si. The molecule has 1 fully saturated rings. The lowest BCUT2D eigenvalue weighted by Gasteiger charge is -2.44. The third-order valence-corrected chi connectivity index (χ3v) is 4.85. The zero-order chi connectivity index (χ0) is 14.6. The fourth-order valence-corrected chi connectivity index (χ4v) is 3.18. The maximum Gasteiger partial charge on any atom is 0.264 e. The summed E-state index contributed by atoms with van der Waals surface area (Å²) in [6.45, 7) is 4.30.